The van der Waals surface area contributed by atoms with Crippen molar-refractivity contribution in [2.24, 2.45) is 0 Å². The molecule has 0 saturated heterocycles. The Bertz CT molecular complexity index is 967. The second-order valence-electron chi connectivity index (χ2n) is 5.60. The van der Waals surface area contributed by atoms with E-state index in [2.05, 4.69) is 26.3 Å². The van der Waals surface area contributed by atoms with E-state index in [-0.39, 0.29) is 11.5 Å². The molecule has 1 unspecified atom stereocenters. The lowest BCUT2D eigenvalue weighted by atomic mass is 10.2. The number of hydrogen-bond acceptors (Lipinski definition) is 4. The van der Waals surface area contributed by atoms with Crippen LogP contribution in [0.25, 0.3) is 10.6 Å². The first kappa shape index (κ1) is 17.6. The van der Waals surface area contributed by atoms with Gasteiger partial charge in [-0.3, -0.25) is 9.59 Å². The fourth-order valence-corrected chi connectivity index (χ4v) is 3.54. The van der Waals surface area contributed by atoms with Crippen LogP contribution in [0.15, 0.2) is 57.1 Å². The van der Waals surface area contributed by atoms with E-state index in [1.807, 2.05) is 42.6 Å². The fraction of sp³-hybridized carbons (Fsp3) is 0.167. The molecule has 0 aliphatic rings. The summed E-state index contributed by atoms with van der Waals surface area (Å²) < 4.78 is 2.16. The molecule has 5 nitrogen and oxygen atoms in total. The van der Waals surface area contributed by atoms with Gasteiger partial charge in [0.1, 0.15) is 11.7 Å². The Hall–Kier alpha value is -2.25. The van der Waals surface area contributed by atoms with Crippen LogP contribution in [0.3, 0.4) is 0 Å². The van der Waals surface area contributed by atoms with Crippen LogP contribution in [0.1, 0.15) is 18.5 Å². The summed E-state index contributed by atoms with van der Waals surface area (Å²) >= 11 is 4.93. The van der Waals surface area contributed by atoms with E-state index in [4.69, 9.17) is 0 Å². The Kier molecular flexibility index (Phi) is 5.15. The fourth-order valence-electron chi connectivity index (χ4n) is 2.37. The predicted octanol–water partition coefficient (Wildman–Crippen LogP) is 4.24. The van der Waals surface area contributed by atoms with Crippen LogP contribution < -0.4 is 10.9 Å². The van der Waals surface area contributed by atoms with Crippen molar-refractivity contribution >= 4 is 38.9 Å². The molecule has 0 bridgehead atoms. The van der Waals surface area contributed by atoms with E-state index in [9.17, 15) is 9.59 Å². The summed E-state index contributed by atoms with van der Waals surface area (Å²) in [6.45, 7) is 3.57. The van der Waals surface area contributed by atoms with E-state index in [1.165, 1.54) is 22.1 Å². The average Bonchev–Trinajstić information content (AvgIpc) is 3.11. The molecule has 0 radical (unpaired) electrons. The molecule has 1 atom stereocenters. The standard InChI is InChI=1S/C18H16BrN3O2S/c1-11-10-13(19)5-6-14(11)20-18(24)12(2)22-17(23)8-7-15(21-22)16-4-3-9-25-16/h3-10,12H,1-2H3,(H,20,24). The van der Waals surface area contributed by atoms with Gasteiger partial charge in [0.15, 0.2) is 0 Å². The SMILES string of the molecule is Cc1cc(Br)ccc1NC(=O)C(C)n1nc(-c2cccs2)ccc1=O. The van der Waals surface area contributed by atoms with E-state index < -0.39 is 6.04 Å². The number of carbonyl (C=O) groups excluding carboxylic acids is 1. The van der Waals surface area contributed by atoms with Gasteiger partial charge >= 0.3 is 0 Å². The number of thiophene rings is 1. The van der Waals surface area contributed by atoms with Crippen LogP contribution in [0.5, 0.6) is 0 Å². The van der Waals surface area contributed by atoms with Crippen molar-refractivity contribution in [3.8, 4) is 10.6 Å². The van der Waals surface area contributed by atoms with Crippen LogP contribution in [-0.2, 0) is 4.79 Å². The zero-order chi connectivity index (χ0) is 18.0. The minimum Gasteiger partial charge on any atom is -0.324 e. The van der Waals surface area contributed by atoms with Gasteiger partial charge in [-0.2, -0.15) is 5.10 Å². The van der Waals surface area contributed by atoms with Gasteiger partial charge in [0.25, 0.3) is 5.56 Å². The highest BCUT2D eigenvalue weighted by molar-refractivity contribution is 9.10. The maximum atomic E-state index is 12.6. The molecule has 3 rings (SSSR count). The Morgan fingerprint density at radius 1 is 1.28 bits per heavy atom. The van der Waals surface area contributed by atoms with Gasteiger partial charge in [0.2, 0.25) is 5.91 Å². The average molecular weight is 418 g/mol. The normalized spacial score (nSPS) is 12.0. The summed E-state index contributed by atoms with van der Waals surface area (Å²) in [5.74, 6) is -0.289. The molecule has 1 amide bonds. The topological polar surface area (TPSA) is 64.0 Å². The molecule has 0 aliphatic heterocycles. The molecule has 0 aliphatic carbocycles. The van der Waals surface area contributed by atoms with Gasteiger partial charge in [0, 0.05) is 16.2 Å². The molecule has 0 saturated carbocycles. The highest BCUT2D eigenvalue weighted by Gasteiger charge is 2.19. The second-order valence-corrected chi connectivity index (χ2v) is 7.47. The number of aryl methyl sites for hydroxylation is 1. The largest absolute Gasteiger partial charge is 0.324 e. The van der Waals surface area contributed by atoms with Gasteiger partial charge in [-0.05, 0) is 55.1 Å². The smallest absolute Gasteiger partial charge is 0.267 e. The zero-order valence-electron chi connectivity index (χ0n) is 13.7. The van der Waals surface area contributed by atoms with Crippen molar-refractivity contribution in [3.63, 3.8) is 0 Å². The Labute approximate surface area is 157 Å². The van der Waals surface area contributed by atoms with Gasteiger partial charge in [0.05, 0.1) is 4.88 Å². The third-order valence-corrected chi connectivity index (χ3v) is 5.18. The number of nitrogens with one attached hydrogen (secondary N) is 1. The minimum atomic E-state index is -0.726. The molecule has 128 valence electrons. The Morgan fingerprint density at radius 3 is 2.76 bits per heavy atom. The van der Waals surface area contributed by atoms with Crippen molar-refractivity contribution in [1.82, 2.24) is 9.78 Å². The quantitative estimate of drug-likeness (QED) is 0.689. The highest BCUT2D eigenvalue weighted by Crippen LogP contribution is 2.23. The monoisotopic (exact) mass is 417 g/mol. The maximum absolute atomic E-state index is 12.6. The number of anilines is 1. The summed E-state index contributed by atoms with van der Waals surface area (Å²) in [6, 6.07) is 11.8. The molecule has 1 N–H and O–H groups in total. The number of benzene rings is 1. The first-order valence-electron chi connectivity index (χ1n) is 7.66. The summed E-state index contributed by atoms with van der Waals surface area (Å²) in [5.41, 5.74) is 2.01. The van der Waals surface area contributed by atoms with Crippen LogP contribution >= 0.6 is 27.3 Å². The zero-order valence-corrected chi connectivity index (χ0v) is 16.1. The number of amides is 1. The molecular formula is C18H16BrN3O2S. The molecule has 25 heavy (non-hydrogen) atoms. The van der Waals surface area contributed by atoms with Gasteiger partial charge in [-0.25, -0.2) is 4.68 Å². The van der Waals surface area contributed by atoms with E-state index in [0.717, 1.165) is 14.9 Å². The third kappa shape index (κ3) is 3.88. The summed E-state index contributed by atoms with van der Waals surface area (Å²) in [4.78, 5) is 25.7. The van der Waals surface area contributed by atoms with Crippen LogP contribution in [0.2, 0.25) is 0 Å². The van der Waals surface area contributed by atoms with Crippen molar-refractivity contribution in [3.05, 3.63) is 68.2 Å². The molecule has 0 fully saturated rings. The van der Waals surface area contributed by atoms with E-state index in [1.54, 1.807) is 13.0 Å². The van der Waals surface area contributed by atoms with Crippen LogP contribution in [-0.4, -0.2) is 15.7 Å². The first-order valence-corrected chi connectivity index (χ1v) is 9.34. The Morgan fingerprint density at radius 2 is 2.08 bits per heavy atom. The van der Waals surface area contributed by atoms with E-state index >= 15 is 0 Å². The number of carbonyl (C=O) groups is 1. The lowest BCUT2D eigenvalue weighted by Gasteiger charge is -2.16. The van der Waals surface area contributed by atoms with Crippen molar-refractivity contribution < 1.29 is 4.79 Å². The molecular weight excluding hydrogens is 402 g/mol. The number of aromatic nitrogens is 2. The van der Waals surface area contributed by atoms with Crippen LogP contribution in [0.4, 0.5) is 5.69 Å². The van der Waals surface area contributed by atoms with Gasteiger partial charge in [-0.1, -0.05) is 22.0 Å². The Balaban J connectivity index is 1.87. The van der Waals surface area contributed by atoms with Crippen molar-refractivity contribution in [1.29, 1.82) is 0 Å². The second kappa shape index (κ2) is 7.33. The van der Waals surface area contributed by atoms with Crippen molar-refractivity contribution in [2.45, 2.75) is 19.9 Å². The number of rotatable bonds is 4. The van der Waals surface area contributed by atoms with Gasteiger partial charge in [-0.15, -0.1) is 11.3 Å². The summed E-state index contributed by atoms with van der Waals surface area (Å²) in [6.07, 6.45) is 0. The number of halogens is 1. The molecule has 2 aromatic heterocycles. The number of hydrogen-bond donors (Lipinski definition) is 1. The highest BCUT2D eigenvalue weighted by atomic mass is 79.9. The van der Waals surface area contributed by atoms with Gasteiger partial charge < -0.3 is 5.32 Å². The van der Waals surface area contributed by atoms with Crippen molar-refractivity contribution in [2.75, 3.05) is 5.32 Å². The molecule has 3 aromatic rings. The molecule has 7 heteroatoms. The first-order chi connectivity index (χ1) is 12.0. The summed E-state index contributed by atoms with van der Waals surface area (Å²) in [5, 5.41) is 9.16. The van der Waals surface area contributed by atoms with Crippen LogP contribution in [0, 0.1) is 6.92 Å². The third-order valence-electron chi connectivity index (χ3n) is 3.79. The summed E-state index contributed by atoms with van der Waals surface area (Å²) in [7, 11) is 0. The molecule has 0 spiro atoms. The minimum absolute atomic E-state index is 0.289. The lowest BCUT2D eigenvalue weighted by Crippen LogP contribution is -2.33. The molecule has 2 heterocycles. The lowest BCUT2D eigenvalue weighted by molar-refractivity contribution is -0.119. The number of nitrogens with zero attached hydrogens (tertiary/aromatic N) is 2. The molecule has 1 aromatic carbocycles. The maximum Gasteiger partial charge on any atom is 0.267 e. The van der Waals surface area contributed by atoms with E-state index in [0.29, 0.717) is 11.4 Å². The predicted molar refractivity (Wildman–Crippen MR) is 104 cm³/mol.